The smallest absolute Gasteiger partial charge is 0.411 e. The van der Waals surface area contributed by atoms with Gasteiger partial charge >= 0.3 is 12.1 Å². The minimum Gasteiger partial charge on any atom is -0.493 e. The molecule has 1 aromatic heterocycles. The fourth-order valence-corrected chi connectivity index (χ4v) is 3.86. The lowest BCUT2D eigenvalue weighted by Crippen LogP contribution is -2.67. The molecule has 0 aliphatic carbocycles. The van der Waals surface area contributed by atoms with Gasteiger partial charge in [0, 0.05) is 37.1 Å². The molecule has 2 N–H and O–H groups in total. The predicted octanol–water partition coefficient (Wildman–Crippen LogP) is 3.15. The topological polar surface area (TPSA) is 136 Å². The number of aromatic nitrogens is 2. The van der Waals surface area contributed by atoms with Crippen molar-refractivity contribution in [3.05, 3.63) is 24.4 Å². The van der Waals surface area contributed by atoms with Crippen molar-refractivity contribution in [2.24, 2.45) is 0 Å². The Morgan fingerprint density at radius 2 is 1.72 bits per heavy atom. The molecule has 3 rings (SSSR count). The van der Waals surface area contributed by atoms with E-state index in [-0.39, 0.29) is 19.0 Å². The molecule has 1 unspecified atom stereocenters. The van der Waals surface area contributed by atoms with E-state index in [9.17, 15) is 14.7 Å². The molecule has 1 aliphatic heterocycles. The summed E-state index contributed by atoms with van der Waals surface area (Å²) in [7, 11) is 4.57. The zero-order valence-corrected chi connectivity index (χ0v) is 21.6. The second-order valence-corrected chi connectivity index (χ2v) is 9.41. The molecule has 0 bridgehead atoms. The van der Waals surface area contributed by atoms with Crippen LogP contribution in [0.25, 0.3) is 0 Å². The number of ether oxygens (including phenoxy) is 4. The third-order valence-corrected chi connectivity index (χ3v) is 5.65. The molecule has 2 heterocycles. The summed E-state index contributed by atoms with van der Waals surface area (Å²) in [6.07, 6.45) is 0.903. The minimum atomic E-state index is -1.52. The van der Waals surface area contributed by atoms with Crippen LogP contribution >= 0.6 is 0 Å². The van der Waals surface area contributed by atoms with Crippen LogP contribution in [-0.2, 0) is 9.53 Å². The van der Waals surface area contributed by atoms with Crippen LogP contribution in [0, 0.1) is 0 Å². The summed E-state index contributed by atoms with van der Waals surface area (Å²) in [5.74, 6) is 1.04. The molecule has 1 saturated heterocycles. The number of methoxy groups -OCH3 is 3. The van der Waals surface area contributed by atoms with Crippen molar-refractivity contribution >= 4 is 29.5 Å². The van der Waals surface area contributed by atoms with Crippen molar-refractivity contribution in [3.63, 3.8) is 0 Å². The molecular weight excluding hydrogens is 470 g/mol. The van der Waals surface area contributed by atoms with Crippen LogP contribution in [0.3, 0.4) is 0 Å². The van der Waals surface area contributed by atoms with Crippen LogP contribution in [0.4, 0.5) is 22.2 Å². The molecular formula is C24H33N5O7. The van der Waals surface area contributed by atoms with Gasteiger partial charge in [0.05, 0.1) is 27.9 Å². The van der Waals surface area contributed by atoms with Crippen molar-refractivity contribution in [2.75, 3.05) is 51.2 Å². The quantitative estimate of drug-likeness (QED) is 0.577. The molecule has 1 aliphatic rings. The number of carbonyl (C=O) groups excluding carboxylic acids is 1. The first kappa shape index (κ1) is 26.6. The zero-order chi connectivity index (χ0) is 26.7. The number of amides is 1. The predicted molar refractivity (Wildman–Crippen MR) is 133 cm³/mol. The molecule has 0 saturated carbocycles. The van der Waals surface area contributed by atoms with Gasteiger partial charge in [-0.15, -0.1) is 0 Å². The highest BCUT2D eigenvalue weighted by atomic mass is 16.6. The van der Waals surface area contributed by atoms with Crippen LogP contribution in [0.5, 0.6) is 17.2 Å². The number of benzene rings is 1. The molecule has 12 heteroatoms. The Labute approximate surface area is 210 Å². The lowest BCUT2D eigenvalue weighted by atomic mass is 9.96. The summed E-state index contributed by atoms with van der Waals surface area (Å²) < 4.78 is 21.6. The van der Waals surface area contributed by atoms with E-state index >= 15 is 0 Å². The molecule has 1 amide bonds. The first-order chi connectivity index (χ1) is 16.9. The Balaban J connectivity index is 1.84. The van der Waals surface area contributed by atoms with Gasteiger partial charge in [0.2, 0.25) is 11.7 Å². The van der Waals surface area contributed by atoms with Gasteiger partial charge in [-0.2, -0.15) is 4.98 Å². The van der Waals surface area contributed by atoms with Gasteiger partial charge in [0.1, 0.15) is 11.4 Å². The molecule has 12 nitrogen and oxygen atoms in total. The summed E-state index contributed by atoms with van der Waals surface area (Å²) in [6, 6.07) is 5.13. The first-order valence-electron chi connectivity index (χ1n) is 11.3. The molecule has 0 spiro atoms. The van der Waals surface area contributed by atoms with Gasteiger partial charge in [-0.3, -0.25) is 4.90 Å². The average molecular weight is 504 g/mol. The Bertz CT molecular complexity index is 1100. The number of aliphatic carboxylic acids is 1. The number of nitrogens with one attached hydrogen (secondary N) is 1. The number of carbonyl (C=O) groups is 2. The number of anilines is 3. The van der Waals surface area contributed by atoms with Crippen LogP contribution < -0.4 is 24.4 Å². The van der Waals surface area contributed by atoms with E-state index in [4.69, 9.17) is 18.9 Å². The summed E-state index contributed by atoms with van der Waals surface area (Å²) >= 11 is 0. The van der Waals surface area contributed by atoms with Crippen molar-refractivity contribution < 1.29 is 33.6 Å². The number of rotatable bonds is 7. The van der Waals surface area contributed by atoms with E-state index in [0.29, 0.717) is 35.3 Å². The average Bonchev–Trinajstić information content (AvgIpc) is 2.82. The maximum Gasteiger partial charge on any atom is 0.411 e. The number of hydrogen-bond donors (Lipinski definition) is 2. The number of nitrogens with zero attached hydrogens (tertiary/aromatic N) is 4. The monoisotopic (exact) mass is 503 g/mol. The Kier molecular flexibility index (Phi) is 7.65. The Hall–Kier alpha value is -3.96. The minimum absolute atomic E-state index is 0.0161. The normalized spacial score (nSPS) is 17.9. The summed E-state index contributed by atoms with van der Waals surface area (Å²) in [4.78, 5) is 36.9. The first-order valence-corrected chi connectivity index (χ1v) is 11.3. The molecule has 0 radical (unpaired) electrons. The maximum atomic E-state index is 12.7. The fourth-order valence-electron chi connectivity index (χ4n) is 3.86. The van der Waals surface area contributed by atoms with E-state index in [1.165, 1.54) is 33.2 Å². The van der Waals surface area contributed by atoms with Crippen LogP contribution in [0.1, 0.15) is 27.7 Å². The molecule has 2 aromatic rings. The van der Waals surface area contributed by atoms with Crippen molar-refractivity contribution in [2.45, 2.75) is 38.8 Å². The number of piperazine rings is 1. The second kappa shape index (κ2) is 10.3. The lowest BCUT2D eigenvalue weighted by Gasteiger charge is -2.46. The fraction of sp³-hybridized carbons (Fsp3) is 0.500. The SMILES string of the molecule is COc1cc(Nc2nccc(N3CCN(C(=O)OC(C)(C)C)C(C)(C(=O)O)C3)n2)cc(OC)c1OC. The largest absolute Gasteiger partial charge is 0.493 e. The number of hydrogen-bond acceptors (Lipinski definition) is 10. The standard InChI is InChI=1S/C24H33N5O7/c1-23(2,3)36-22(32)29-11-10-28(14-24(29,4)20(30)31)18-8-9-25-21(27-18)26-15-12-16(33-5)19(35-7)17(13-15)34-6/h8-9,12-13H,10-11,14H2,1-7H3,(H,30,31)(H,25,26,27). The van der Waals surface area contributed by atoms with E-state index in [1.54, 1.807) is 50.1 Å². The zero-order valence-electron chi connectivity index (χ0n) is 21.6. The van der Waals surface area contributed by atoms with Crippen LogP contribution in [0.15, 0.2) is 24.4 Å². The summed E-state index contributed by atoms with van der Waals surface area (Å²) in [5, 5.41) is 13.1. The van der Waals surface area contributed by atoms with Crippen LogP contribution in [-0.4, -0.2) is 84.1 Å². The van der Waals surface area contributed by atoms with E-state index in [2.05, 4.69) is 15.3 Å². The van der Waals surface area contributed by atoms with Gasteiger partial charge in [0.25, 0.3) is 0 Å². The van der Waals surface area contributed by atoms with E-state index in [0.717, 1.165) is 0 Å². The summed E-state index contributed by atoms with van der Waals surface area (Å²) in [5.41, 5.74) is -1.66. The molecule has 196 valence electrons. The van der Waals surface area contributed by atoms with Crippen molar-refractivity contribution in [1.82, 2.24) is 14.9 Å². The maximum absolute atomic E-state index is 12.7. The van der Waals surface area contributed by atoms with Gasteiger partial charge in [-0.1, -0.05) is 0 Å². The van der Waals surface area contributed by atoms with Gasteiger partial charge in [-0.25, -0.2) is 14.6 Å². The third-order valence-electron chi connectivity index (χ3n) is 5.65. The van der Waals surface area contributed by atoms with Gasteiger partial charge in [0.15, 0.2) is 17.0 Å². The van der Waals surface area contributed by atoms with Gasteiger partial charge in [-0.05, 0) is 33.8 Å². The highest BCUT2D eigenvalue weighted by molar-refractivity contribution is 5.85. The molecule has 1 aromatic carbocycles. The molecule has 1 atom stereocenters. The Morgan fingerprint density at radius 3 is 2.25 bits per heavy atom. The second-order valence-electron chi connectivity index (χ2n) is 9.41. The molecule has 36 heavy (non-hydrogen) atoms. The number of carboxylic acids is 1. The summed E-state index contributed by atoms with van der Waals surface area (Å²) in [6.45, 7) is 7.25. The Morgan fingerprint density at radius 1 is 1.08 bits per heavy atom. The third kappa shape index (κ3) is 5.64. The highest BCUT2D eigenvalue weighted by Crippen LogP contribution is 2.40. The molecule has 1 fully saturated rings. The van der Waals surface area contributed by atoms with E-state index < -0.39 is 23.2 Å². The van der Waals surface area contributed by atoms with Crippen molar-refractivity contribution in [3.8, 4) is 17.2 Å². The lowest BCUT2D eigenvalue weighted by molar-refractivity contribution is -0.150. The van der Waals surface area contributed by atoms with Crippen molar-refractivity contribution in [1.29, 1.82) is 0 Å². The van der Waals surface area contributed by atoms with Gasteiger partial charge < -0.3 is 34.3 Å². The van der Waals surface area contributed by atoms with Crippen LogP contribution in [0.2, 0.25) is 0 Å². The van der Waals surface area contributed by atoms with E-state index in [1.807, 2.05) is 0 Å². The number of carboxylic acid groups (broad SMARTS) is 1. The highest BCUT2D eigenvalue weighted by Gasteiger charge is 2.48.